The zero-order valence-corrected chi connectivity index (χ0v) is 11.5. The molecule has 6 heteroatoms. The molecular weight excluding hydrogens is 238 g/mol. The largest absolute Gasteiger partial charge is 0.353 e. The number of hydrogen-bond acceptors (Lipinski definition) is 5. The quantitative estimate of drug-likeness (QED) is 0.862. The molecule has 0 aromatic carbocycles. The van der Waals surface area contributed by atoms with Gasteiger partial charge in [0.15, 0.2) is 0 Å². The molecule has 96 valence electrons. The number of rotatable bonds is 5. The SMILES string of the molecule is Cc1cc(C(C)C)nc(NCCS(C)(=O)=O)n1. The van der Waals surface area contributed by atoms with Crippen molar-refractivity contribution in [1.29, 1.82) is 0 Å². The predicted octanol–water partition coefficient (Wildman–Crippen LogP) is 1.36. The van der Waals surface area contributed by atoms with Gasteiger partial charge in [0.2, 0.25) is 5.95 Å². The Morgan fingerprint density at radius 2 is 2.00 bits per heavy atom. The highest BCUT2D eigenvalue weighted by Crippen LogP contribution is 2.14. The van der Waals surface area contributed by atoms with Crippen LogP contribution in [0.3, 0.4) is 0 Å². The second-order valence-electron chi connectivity index (χ2n) is 4.47. The molecule has 1 heterocycles. The van der Waals surface area contributed by atoms with Crippen molar-refractivity contribution in [1.82, 2.24) is 9.97 Å². The minimum absolute atomic E-state index is 0.0846. The average Bonchev–Trinajstić information content (AvgIpc) is 2.14. The van der Waals surface area contributed by atoms with Gasteiger partial charge in [0.05, 0.1) is 5.75 Å². The van der Waals surface area contributed by atoms with E-state index in [1.807, 2.05) is 13.0 Å². The molecule has 0 aliphatic heterocycles. The summed E-state index contributed by atoms with van der Waals surface area (Å²) in [6.45, 7) is 6.35. The molecule has 0 fully saturated rings. The first kappa shape index (κ1) is 13.9. The summed E-state index contributed by atoms with van der Waals surface area (Å²) in [7, 11) is -2.95. The number of nitrogens with one attached hydrogen (secondary N) is 1. The highest BCUT2D eigenvalue weighted by molar-refractivity contribution is 7.90. The van der Waals surface area contributed by atoms with Crippen LogP contribution in [0.1, 0.15) is 31.2 Å². The maximum absolute atomic E-state index is 11.0. The van der Waals surface area contributed by atoms with Gasteiger partial charge in [-0.15, -0.1) is 0 Å². The molecule has 0 bridgehead atoms. The Morgan fingerprint density at radius 1 is 1.35 bits per heavy atom. The second-order valence-corrected chi connectivity index (χ2v) is 6.73. The Balaban J connectivity index is 2.71. The lowest BCUT2D eigenvalue weighted by Crippen LogP contribution is -2.16. The summed E-state index contributed by atoms with van der Waals surface area (Å²) in [6, 6.07) is 1.94. The van der Waals surface area contributed by atoms with Crippen molar-refractivity contribution in [3.63, 3.8) is 0 Å². The normalized spacial score (nSPS) is 11.8. The minimum atomic E-state index is -2.95. The summed E-state index contributed by atoms with van der Waals surface area (Å²) in [6.07, 6.45) is 1.21. The van der Waals surface area contributed by atoms with E-state index in [0.29, 0.717) is 18.4 Å². The van der Waals surface area contributed by atoms with Crippen molar-refractivity contribution in [2.24, 2.45) is 0 Å². The third-order valence-corrected chi connectivity index (χ3v) is 3.17. The third-order valence-electron chi connectivity index (χ3n) is 2.22. The fourth-order valence-corrected chi connectivity index (χ4v) is 1.79. The van der Waals surface area contributed by atoms with Crippen LogP contribution in [0.2, 0.25) is 0 Å². The Labute approximate surface area is 103 Å². The number of hydrogen-bond donors (Lipinski definition) is 1. The molecule has 0 saturated carbocycles. The van der Waals surface area contributed by atoms with E-state index in [-0.39, 0.29) is 5.75 Å². The number of aryl methyl sites for hydroxylation is 1. The first-order chi connectivity index (χ1) is 7.78. The van der Waals surface area contributed by atoms with Gasteiger partial charge >= 0.3 is 0 Å². The maximum atomic E-state index is 11.0. The van der Waals surface area contributed by atoms with Crippen LogP contribution in [0.25, 0.3) is 0 Å². The highest BCUT2D eigenvalue weighted by atomic mass is 32.2. The van der Waals surface area contributed by atoms with Gasteiger partial charge < -0.3 is 5.32 Å². The standard InChI is InChI=1S/C11H19N3O2S/c1-8(2)10-7-9(3)13-11(14-10)12-5-6-17(4,15)16/h7-8H,5-6H2,1-4H3,(H,12,13,14). The number of anilines is 1. The van der Waals surface area contributed by atoms with Crippen molar-refractivity contribution < 1.29 is 8.42 Å². The van der Waals surface area contributed by atoms with Crippen LogP contribution in [-0.2, 0) is 9.84 Å². The monoisotopic (exact) mass is 257 g/mol. The lowest BCUT2D eigenvalue weighted by atomic mass is 10.1. The van der Waals surface area contributed by atoms with E-state index in [1.165, 1.54) is 6.26 Å². The zero-order valence-electron chi connectivity index (χ0n) is 10.7. The molecule has 0 amide bonds. The van der Waals surface area contributed by atoms with Crippen molar-refractivity contribution in [2.45, 2.75) is 26.7 Å². The predicted molar refractivity (Wildman–Crippen MR) is 69.1 cm³/mol. The van der Waals surface area contributed by atoms with E-state index < -0.39 is 9.84 Å². The fraction of sp³-hybridized carbons (Fsp3) is 0.636. The Hall–Kier alpha value is -1.17. The van der Waals surface area contributed by atoms with E-state index in [2.05, 4.69) is 29.1 Å². The first-order valence-corrected chi connectivity index (χ1v) is 7.61. The number of sulfone groups is 1. The van der Waals surface area contributed by atoms with Gasteiger partial charge in [0, 0.05) is 24.2 Å². The van der Waals surface area contributed by atoms with E-state index in [0.717, 1.165) is 11.4 Å². The van der Waals surface area contributed by atoms with Crippen LogP contribution < -0.4 is 5.32 Å². The molecule has 1 aromatic rings. The van der Waals surface area contributed by atoms with Crippen molar-refractivity contribution in [3.8, 4) is 0 Å². The molecule has 0 radical (unpaired) electrons. The van der Waals surface area contributed by atoms with Gasteiger partial charge in [-0.2, -0.15) is 0 Å². The summed E-state index contributed by atoms with van der Waals surface area (Å²) < 4.78 is 22.0. The molecular formula is C11H19N3O2S. The van der Waals surface area contributed by atoms with Crippen LogP contribution in [0.5, 0.6) is 0 Å². The Morgan fingerprint density at radius 3 is 2.53 bits per heavy atom. The highest BCUT2D eigenvalue weighted by Gasteiger charge is 2.06. The lowest BCUT2D eigenvalue weighted by Gasteiger charge is -2.09. The van der Waals surface area contributed by atoms with Gasteiger partial charge in [-0.1, -0.05) is 13.8 Å². The molecule has 5 nitrogen and oxygen atoms in total. The van der Waals surface area contributed by atoms with Crippen LogP contribution >= 0.6 is 0 Å². The van der Waals surface area contributed by atoms with E-state index in [4.69, 9.17) is 0 Å². The molecule has 0 saturated heterocycles. The topological polar surface area (TPSA) is 72.0 Å². The Kier molecular flexibility index (Phi) is 4.45. The molecule has 0 unspecified atom stereocenters. The molecule has 17 heavy (non-hydrogen) atoms. The number of aromatic nitrogens is 2. The van der Waals surface area contributed by atoms with Gasteiger partial charge in [-0.25, -0.2) is 18.4 Å². The lowest BCUT2D eigenvalue weighted by molar-refractivity contribution is 0.602. The van der Waals surface area contributed by atoms with Gasteiger partial charge in [-0.3, -0.25) is 0 Å². The summed E-state index contributed by atoms with van der Waals surface area (Å²) >= 11 is 0. The van der Waals surface area contributed by atoms with Crippen LogP contribution in [0, 0.1) is 6.92 Å². The minimum Gasteiger partial charge on any atom is -0.353 e. The van der Waals surface area contributed by atoms with Crippen molar-refractivity contribution >= 4 is 15.8 Å². The molecule has 1 aromatic heterocycles. The fourth-order valence-electron chi connectivity index (χ4n) is 1.32. The van der Waals surface area contributed by atoms with Crippen molar-refractivity contribution in [2.75, 3.05) is 23.9 Å². The van der Waals surface area contributed by atoms with Crippen LogP contribution in [-0.4, -0.2) is 36.9 Å². The molecule has 0 aliphatic carbocycles. The summed E-state index contributed by atoms with van der Waals surface area (Å²) in [5, 5.41) is 2.94. The summed E-state index contributed by atoms with van der Waals surface area (Å²) in [4.78, 5) is 8.55. The molecule has 0 atom stereocenters. The molecule has 0 aliphatic rings. The first-order valence-electron chi connectivity index (χ1n) is 5.55. The van der Waals surface area contributed by atoms with Crippen molar-refractivity contribution in [3.05, 3.63) is 17.5 Å². The molecule has 1 rings (SSSR count). The van der Waals surface area contributed by atoms with E-state index in [1.54, 1.807) is 0 Å². The summed E-state index contributed by atoms with van der Waals surface area (Å²) in [5.74, 6) is 0.908. The van der Waals surface area contributed by atoms with Gasteiger partial charge in [-0.05, 0) is 18.9 Å². The summed E-state index contributed by atoms with van der Waals surface area (Å²) in [5.41, 5.74) is 1.84. The molecule has 0 spiro atoms. The van der Waals surface area contributed by atoms with Gasteiger partial charge in [0.25, 0.3) is 0 Å². The zero-order chi connectivity index (χ0) is 13.1. The Bertz CT molecular complexity index is 483. The smallest absolute Gasteiger partial charge is 0.223 e. The van der Waals surface area contributed by atoms with Gasteiger partial charge in [0.1, 0.15) is 9.84 Å². The third kappa shape index (κ3) is 5.12. The van der Waals surface area contributed by atoms with Crippen LogP contribution in [0.15, 0.2) is 6.07 Å². The van der Waals surface area contributed by atoms with E-state index >= 15 is 0 Å². The second kappa shape index (κ2) is 5.44. The number of nitrogens with zero attached hydrogens (tertiary/aromatic N) is 2. The average molecular weight is 257 g/mol. The molecule has 1 N–H and O–H groups in total. The van der Waals surface area contributed by atoms with Crippen LogP contribution in [0.4, 0.5) is 5.95 Å². The van der Waals surface area contributed by atoms with E-state index in [9.17, 15) is 8.42 Å². The maximum Gasteiger partial charge on any atom is 0.223 e.